The molecule has 2 aromatic rings. The van der Waals surface area contributed by atoms with Crippen molar-refractivity contribution in [2.45, 2.75) is 24.8 Å². The van der Waals surface area contributed by atoms with Crippen LogP contribution in [0.2, 0.25) is 0 Å². The molecule has 0 radical (unpaired) electrons. The molecule has 0 bridgehead atoms. The number of carbonyl (C=O) groups is 1. The molecule has 26 heavy (non-hydrogen) atoms. The summed E-state index contributed by atoms with van der Waals surface area (Å²) in [6.07, 6.45) is 0. The van der Waals surface area contributed by atoms with Gasteiger partial charge in [0.15, 0.2) is 0 Å². The van der Waals surface area contributed by atoms with E-state index in [9.17, 15) is 4.79 Å². The Labute approximate surface area is 159 Å². The molecule has 1 amide bonds. The van der Waals surface area contributed by atoms with Crippen LogP contribution in [0.25, 0.3) is 0 Å². The predicted molar refractivity (Wildman–Crippen MR) is 103 cm³/mol. The molecule has 1 atom stereocenters. The van der Waals surface area contributed by atoms with Crippen molar-refractivity contribution in [3.05, 3.63) is 53.5 Å². The molecule has 0 aliphatic carbocycles. The molecule has 0 spiro atoms. The van der Waals surface area contributed by atoms with Gasteiger partial charge in [-0.25, -0.2) is 0 Å². The molecule has 1 aliphatic heterocycles. The quantitative estimate of drug-likeness (QED) is 0.755. The second-order valence-corrected chi connectivity index (χ2v) is 7.57. The number of thioether (sulfide) groups is 1. The van der Waals surface area contributed by atoms with Crippen molar-refractivity contribution in [1.82, 2.24) is 10.2 Å². The molecular formula is C20H26N2O3S. The van der Waals surface area contributed by atoms with Crippen molar-refractivity contribution in [1.29, 1.82) is 0 Å². The third kappa shape index (κ3) is 5.37. The Balaban J connectivity index is 1.54. The first-order valence-corrected chi connectivity index (χ1v) is 9.94. The molecule has 1 N–H and O–H groups in total. The van der Waals surface area contributed by atoms with Gasteiger partial charge in [-0.1, -0.05) is 17.7 Å². The Kier molecular flexibility index (Phi) is 6.77. The molecule has 5 nitrogen and oxygen atoms in total. The Bertz CT molecular complexity index is 708. The van der Waals surface area contributed by atoms with Crippen LogP contribution >= 0.6 is 11.8 Å². The van der Waals surface area contributed by atoms with Gasteiger partial charge in [-0.3, -0.25) is 9.69 Å². The van der Waals surface area contributed by atoms with E-state index in [0.29, 0.717) is 25.5 Å². The first kappa shape index (κ1) is 19.0. The smallest absolute Gasteiger partial charge is 0.230 e. The highest BCUT2D eigenvalue weighted by atomic mass is 32.2. The van der Waals surface area contributed by atoms with Crippen LogP contribution in [0.1, 0.15) is 23.1 Å². The van der Waals surface area contributed by atoms with Gasteiger partial charge < -0.3 is 14.5 Å². The Morgan fingerprint density at radius 3 is 2.54 bits per heavy atom. The molecule has 0 unspecified atom stereocenters. The fraction of sp³-hybridized carbons (Fsp3) is 0.450. The molecule has 0 saturated carbocycles. The van der Waals surface area contributed by atoms with Gasteiger partial charge in [0.05, 0.1) is 25.0 Å². The van der Waals surface area contributed by atoms with Crippen LogP contribution in [-0.2, 0) is 9.53 Å². The third-order valence-electron chi connectivity index (χ3n) is 4.46. The van der Waals surface area contributed by atoms with Gasteiger partial charge in [0.1, 0.15) is 11.5 Å². The molecule has 1 aliphatic rings. The summed E-state index contributed by atoms with van der Waals surface area (Å²) >= 11 is 1.56. The van der Waals surface area contributed by atoms with Crippen LogP contribution in [0, 0.1) is 13.8 Å². The zero-order valence-electron chi connectivity index (χ0n) is 15.4. The lowest BCUT2D eigenvalue weighted by Crippen LogP contribution is -2.44. The molecule has 1 fully saturated rings. The molecule has 1 aromatic carbocycles. The lowest BCUT2D eigenvalue weighted by atomic mass is 10.1. The fourth-order valence-electron chi connectivity index (χ4n) is 2.98. The van der Waals surface area contributed by atoms with Crippen LogP contribution in [0.5, 0.6) is 0 Å². The van der Waals surface area contributed by atoms with E-state index in [4.69, 9.17) is 9.15 Å². The van der Waals surface area contributed by atoms with E-state index >= 15 is 0 Å². The van der Waals surface area contributed by atoms with Crippen LogP contribution in [0.4, 0.5) is 0 Å². The number of ether oxygens (including phenoxy) is 1. The summed E-state index contributed by atoms with van der Waals surface area (Å²) < 4.78 is 11.3. The average molecular weight is 375 g/mol. The second kappa shape index (κ2) is 9.26. The Morgan fingerprint density at radius 2 is 1.88 bits per heavy atom. The highest BCUT2D eigenvalue weighted by Gasteiger charge is 2.25. The summed E-state index contributed by atoms with van der Waals surface area (Å²) in [5.41, 5.74) is 1.22. The maximum absolute atomic E-state index is 12.3. The van der Waals surface area contributed by atoms with Crippen LogP contribution in [-0.4, -0.2) is 49.4 Å². The predicted octanol–water partition coefficient (Wildman–Crippen LogP) is 3.18. The number of hydrogen-bond acceptors (Lipinski definition) is 5. The summed E-state index contributed by atoms with van der Waals surface area (Å²) in [6, 6.07) is 12.2. The molecule has 2 heterocycles. The number of carbonyl (C=O) groups excluding carboxylic acids is 1. The van der Waals surface area contributed by atoms with Crippen molar-refractivity contribution in [3.8, 4) is 0 Å². The first-order valence-electron chi connectivity index (χ1n) is 8.96. The number of amides is 1. The number of nitrogens with zero attached hydrogens (tertiary/aromatic N) is 1. The Hall–Kier alpha value is -1.76. The molecule has 3 rings (SSSR count). The van der Waals surface area contributed by atoms with Crippen LogP contribution in [0.3, 0.4) is 0 Å². The van der Waals surface area contributed by atoms with Gasteiger partial charge in [-0.2, -0.15) is 0 Å². The minimum atomic E-state index is 0.0390. The van der Waals surface area contributed by atoms with E-state index in [-0.39, 0.29) is 11.9 Å². The van der Waals surface area contributed by atoms with Gasteiger partial charge in [0.2, 0.25) is 5.91 Å². The number of rotatable bonds is 7. The summed E-state index contributed by atoms with van der Waals surface area (Å²) in [5.74, 6) is 2.24. The minimum absolute atomic E-state index is 0.0390. The van der Waals surface area contributed by atoms with E-state index in [1.54, 1.807) is 11.8 Å². The second-order valence-electron chi connectivity index (χ2n) is 6.52. The summed E-state index contributed by atoms with van der Waals surface area (Å²) in [5, 5.41) is 3.07. The highest BCUT2D eigenvalue weighted by Crippen LogP contribution is 2.23. The van der Waals surface area contributed by atoms with Crippen molar-refractivity contribution in [2.24, 2.45) is 0 Å². The van der Waals surface area contributed by atoms with E-state index in [0.717, 1.165) is 29.5 Å². The summed E-state index contributed by atoms with van der Waals surface area (Å²) in [7, 11) is 0. The van der Waals surface area contributed by atoms with Gasteiger partial charge in [0, 0.05) is 24.5 Å². The van der Waals surface area contributed by atoms with Crippen molar-refractivity contribution >= 4 is 17.7 Å². The maximum Gasteiger partial charge on any atom is 0.230 e. The third-order valence-corrected chi connectivity index (χ3v) is 5.47. The van der Waals surface area contributed by atoms with E-state index < -0.39 is 0 Å². The lowest BCUT2D eigenvalue weighted by Gasteiger charge is -2.33. The van der Waals surface area contributed by atoms with Gasteiger partial charge >= 0.3 is 0 Å². The zero-order valence-corrected chi connectivity index (χ0v) is 16.2. The molecular weight excluding hydrogens is 348 g/mol. The number of nitrogens with one attached hydrogen (secondary N) is 1. The van der Waals surface area contributed by atoms with Crippen molar-refractivity contribution < 1.29 is 13.9 Å². The van der Waals surface area contributed by atoms with E-state index in [1.165, 1.54) is 5.56 Å². The molecule has 6 heteroatoms. The molecule has 1 aromatic heterocycles. The highest BCUT2D eigenvalue weighted by molar-refractivity contribution is 8.00. The van der Waals surface area contributed by atoms with Gasteiger partial charge in [-0.15, -0.1) is 11.8 Å². The molecule has 1 saturated heterocycles. The summed E-state index contributed by atoms with van der Waals surface area (Å²) in [6.45, 7) is 7.66. The van der Waals surface area contributed by atoms with Crippen LogP contribution < -0.4 is 5.32 Å². The maximum atomic E-state index is 12.3. The first-order chi connectivity index (χ1) is 12.6. The number of aryl methyl sites for hydroxylation is 2. The number of benzene rings is 1. The van der Waals surface area contributed by atoms with Crippen LogP contribution in [0.15, 0.2) is 45.7 Å². The minimum Gasteiger partial charge on any atom is -0.465 e. The monoisotopic (exact) mass is 374 g/mol. The SMILES string of the molecule is Cc1ccc(SCC(=O)NC[C@H](c2ccc(C)o2)N2CCOCC2)cc1. The number of hydrogen-bond donors (Lipinski definition) is 1. The normalized spacial score (nSPS) is 16.4. The van der Waals surface area contributed by atoms with Gasteiger partial charge in [-0.05, 0) is 38.1 Å². The Morgan fingerprint density at radius 1 is 1.15 bits per heavy atom. The van der Waals surface area contributed by atoms with E-state index in [2.05, 4.69) is 41.4 Å². The average Bonchev–Trinajstić information content (AvgIpc) is 3.08. The summed E-state index contributed by atoms with van der Waals surface area (Å²) in [4.78, 5) is 15.7. The fourth-order valence-corrected chi connectivity index (χ4v) is 3.70. The number of furan rings is 1. The largest absolute Gasteiger partial charge is 0.465 e. The van der Waals surface area contributed by atoms with Crippen molar-refractivity contribution in [2.75, 3.05) is 38.6 Å². The topological polar surface area (TPSA) is 54.7 Å². The molecule has 140 valence electrons. The standard InChI is InChI=1S/C20H26N2O3S/c1-15-3-6-17(7-4-15)26-14-20(23)21-13-18(19-8-5-16(2)25-19)22-9-11-24-12-10-22/h3-8,18H,9-14H2,1-2H3,(H,21,23)/t18-/m1/s1. The zero-order chi connectivity index (χ0) is 18.4. The van der Waals surface area contributed by atoms with Crippen molar-refractivity contribution in [3.63, 3.8) is 0 Å². The lowest BCUT2D eigenvalue weighted by molar-refractivity contribution is -0.118. The van der Waals surface area contributed by atoms with E-state index in [1.807, 2.05) is 19.1 Å². The number of morpholine rings is 1. The van der Waals surface area contributed by atoms with Gasteiger partial charge in [0.25, 0.3) is 0 Å².